The molecule has 2 aromatic carbocycles. The van der Waals surface area contributed by atoms with Gasteiger partial charge in [0.2, 0.25) is 5.89 Å². The minimum absolute atomic E-state index is 0.0653. The molecule has 0 bridgehead atoms. The van der Waals surface area contributed by atoms with E-state index in [4.69, 9.17) is 16.0 Å². The molecule has 0 saturated heterocycles. The summed E-state index contributed by atoms with van der Waals surface area (Å²) >= 11 is 6.31. The zero-order valence-corrected chi connectivity index (χ0v) is 15.0. The Labute approximate surface area is 159 Å². The van der Waals surface area contributed by atoms with Gasteiger partial charge in [-0.25, -0.2) is 0 Å². The summed E-state index contributed by atoms with van der Waals surface area (Å²) in [7, 11) is 0. The Kier molecular flexibility index (Phi) is 5.11. The molecule has 0 N–H and O–H groups in total. The van der Waals surface area contributed by atoms with Crippen LogP contribution in [0, 0.1) is 17.0 Å². The van der Waals surface area contributed by atoms with Crippen LogP contribution < -0.4 is 0 Å². The van der Waals surface area contributed by atoms with Crippen LogP contribution in [0.2, 0.25) is 5.02 Å². The molecule has 1 heterocycles. The van der Waals surface area contributed by atoms with Gasteiger partial charge in [0.1, 0.15) is 0 Å². The molecule has 0 aliphatic carbocycles. The summed E-state index contributed by atoms with van der Waals surface area (Å²) in [6.07, 6.45) is -4.81. The number of halogens is 4. The molecule has 27 heavy (non-hydrogen) atoms. The molecule has 0 fully saturated rings. The molecule has 0 aliphatic heterocycles. The lowest BCUT2D eigenvalue weighted by atomic mass is 10.1. The van der Waals surface area contributed by atoms with E-state index in [-0.39, 0.29) is 16.0 Å². The third kappa shape index (κ3) is 4.22. The second kappa shape index (κ2) is 7.20. The van der Waals surface area contributed by atoms with Gasteiger partial charge in [0.15, 0.2) is 0 Å². The van der Waals surface area contributed by atoms with Gasteiger partial charge in [-0.05, 0) is 36.9 Å². The van der Waals surface area contributed by atoms with E-state index in [1.165, 1.54) is 0 Å². The van der Waals surface area contributed by atoms with Gasteiger partial charge in [-0.2, -0.15) is 13.2 Å². The Morgan fingerprint density at radius 1 is 1.19 bits per heavy atom. The Bertz CT molecular complexity index is 1010. The van der Waals surface area contributed by atoms with Crippen molar-refractivity contribution in [3.8, 4) is 11.5 Å². The fourth-order valence-corrected chi connectivity index (χ4v) is 3.28. The van der Waals surface area contributed by atoms with Crippen molar-refractivity contribution in [2.75, 3.05) is 0 Å². The van der Waals surface area contributed by atoms with Crippen molar-refractivity contribution in [2.24, 2.45) is 0 Å². The van der Waals surface area contributed by atoms with Gasteiger partial charge in [-0.1, -0.05) is 29.3 Å². The van der Waals surface area contributed by atoms with Gasteiger partial charge in [0, 0.05) is 11.6 Å². The van der Waals surface area contributed by atoms with Crippen molar-refractivity contribution >= 4 is 29.1 Å². The summed E-state index contributed by atoms with van der Waals surface area (Å²) < 4.78 is 44.2. The molecule has 0 unspecified atom stereocenters. The summed E-state index contributed by atoms with van der Waals surface area (Å²) in [6.45, 7) is 1.91. The molecular formula is C16H9ClF3N3O3S. The predicted octanol–water partition coefficient (Wildman–Crippen LogP) is 5.78. The summed E-state index contributed by atoms with van der Waals surface area (Å²) in [5.74, 6) is 0.179. The first-order valence-corrected chi connectivity index (χ1v) is 8.48. The SMILES string of the molecule is Cc1ccc(-c2nnc(Sc3cc(Cl)c(C(F)(F)F)cc3[N+](=O)[O-])o2)cc1. The molecule has 0 spiro atoms. The lowest BCUT2D eigenvalue weighted by molar-refractivity contribution is -0.388. The number of nitro groups is 1. The average molecular weight is 416 g/mol. The van der Waals surface area contributed by atoms with Crippen LogP contribution in [0.3, 0.4) is 0 Å². The fraction of sp³-hybridized carbons (Fsp3) is 0.125. The molecule has 0 saturated carbocycles. The molecule has 0 atom stereocenters. The third-order valence-corrected chi connectivity index (χ3v) is 4.65. The second-order valence-corrected chi connectivity index (χ2v) is 6.80. The Morgan fingerprint density at radius 2 is 1.85 bits per heavy atom. The number of nitro benzene ring substituents is 1. The first kappa shape index (κ1) is 19.2. The van der Waals surface area contributed by atoms with Crippen LogP contribution in [0.5, 0.6) is 0 Å². The van der Waals surface area contributed by atoms with Crippen molar-refractivity contribution in [1.29, 1.82) is 0 Å². The van der Waals surface area contributed by atoms with Gasteiger partial charge in [0.25, 0.3) is 10.9 Å². The number of aryl methyl sites for hydroxylation is 1. The summed E-state index contributed by atoms with van der Waals surface area (Å²) in [4.78, 5) is 10.1. The van der Waals surface area contributed by atoms with Gasteiger partial charge in [-0.3, -0.25) is 10.1 Å². The van der Waals surface area contributed by atoms with Crippen molar-refractivity contribution in [3.63, 3.8) is 0 Å². The highest BCUT2D eigenvalue weighted by Crippen LogP contribution is 2.43. The van der Waals surface area contributed by atoms with Crippen LogP contribution in [0.15, 0.2) is 50.9 Å². The first-order chi connectivity index (χ1) is 12.6. The van der Waals surface area contributed by atoms with Crippen LogP contribution in [0.4, 0.5) is 18.9 Å². The van der Waals surface area contributed by atoms with Crippen molar-refractivity contribution in [1.82, 2.24) is 10.2 Å². The number of rotatable bonds is 4. The van der Waals surface area contributed by atoms with Crippen LogP contribution in [0.25, 0.3) is 11.5 Å². The van der Waals surface area contributed by atoms with Crippen LogP contribution in [-0.2, 0) is 6.18 Å². The van der Waals surface area contributed by atoms with Gasteiger partial charge < -0.3 is 4.42 Å². The average Bonchev–Trinajstić information content (AvgIpc) is 3.02. The molecule has 11 heteroatoms. The van der Waals surface area contributed by atoms with Crippen molar-refractivity contribution in [2.45, 2.75) is 23.2 Å². The van der Waals surface area contributed by atoms with E-state index in [2.05, 4.69) is 10.2 Å². The maximum atomic E-state index is 12.9. The van der Waals surface area contributed by atoms with Gasteiger partial charge in [0.05, 0.1) is 20.4 Å². The van der Waals surface area contributed by atoms with E-state index in [1.807, 2.05) is 19.1 Å². The summed E-state index contributed by atoms with van der Waals surface area (Å²) in [5, 5.41) is 18.1. The highest BCUT2D eigenvalue weighted by molar-refractivity contribution is 7.99. The smallest absolute Gasteiger partial charge is 0.411 e. The quantitative estimate of drug-likeness (QED) is 0.397. The van der Waals surface area contributed by atoms with Crippen LogP contribution in [-0.4, -0.2) is 15.1 Å². The Balaban J connectivity index is 1.95. The van der Waals surface area contributed by atoms with Gasteiger partial charge in [-0.15, -0.1) is 10.2 Å². The monoisotopic (exact) mass is 415 g/mol. The van der Waals surface area contributed by atoms with Crippen LogP contribution in [0.1, 0.15) is 11.1 Å². The molecule has 140 valence electrons. The molecule has 0 aliphatic rings. The lowest BCUT2D eigenvalue weighted by Gasteiger charge is -2.10. The number of hydrogen-bond acceptors (Lipinski definition) is 6. The molecular weight excluding hydrogens is 407 g/mol. The Hall–Kier alpha value is -2.59. The largest absolute Gasteiger partial charge is 0.418 e. The molecule has 0 radical (unpaired) electrons. The van der Waals surface area contributed by atoms with E-state index in [1.54, 1.807) is 12.1 Å². The molecule has 6 nitrogen and oxygen atoms in total. The van der Waals surface area contributed by atoms with E-state index < -0.39 is 27.4 Å². The maximum Gasteiger partial charge on any atom is 0.418 e. The van der Waals surface area contributed by atoms with Crippen molar-refractivity contribution in [3.05, 3.63) is 62.7 Å². The highest BCUT2D eigenvalue weighted by Gasteiger charge is 2.36. The van der Waals surface area contributed by atoms with Crippen molar-refractivity contribution < 1.29 is 22.5 Å². The first-order valence-electron chi connectivity index (χ1n) is 7.28. The third-order valence-electron chi connectivity index (χ3n) is 3.45. The number of benzene rings is 2. The number of aromatic nitrogens is 2. The minimum Gasteiger partial charge on any atom is -0.411 e. The second-order valence-electron chi connectivity index (χ2n) is 5.40. The number of hydrogen-bond donors (Lipinski definition) is 0. The van der Waals surface area contributed by atoms with Crippen LogP contribution >= 0.6 is 23.4 Å². The summed E-state index contributed by atoms with van der Waals surface area (Å²) in [5.41, 5.74) is -0.374. The van der Waals surface area contributed by atoms with E-state index in [0.29, 0.717) is 23.4 Å². The molecule has 1 aromatic heterocycles. The standard InChI is InChI=1S/C16H9ClF3N3O3S/c1-8-2-4-9(5-3-8)14-21-22-15(26-14)27-13-7-11(17)10(16(18,19)20)6-12(13)23(24)25/h2-7H,1H3. The normalized spacial score (nSPS) is 11.6. The lowest BCUT2D eigenvalue weighted by Crippen LogP contribution is -2.07. The fourth-order valence-electron chi connectivity index (χ4n) is 2.14. The van der Waals surface area contributed by atoms with E-state index in [0.717, 1.165) is 11.6 Å². The topological polar surface area (TPSA) is 82.1 Å². The molecule has 3 aromatic rings. The highest BCUT2D eigenvalue weighted by atomic mass is 35.5. The predicted molar refractivity (Wildman–Crippen MR) is 91.7 cm³/mol. The Morgan fingerprint density at radius 3 is 2.44 bits per heavy atom. The molecule has 3 rings (SSSR count). The number of nitrogens with zero attached hydrogens (tertiary/aromatic N) is 3. The molecule has 0 amide bonds. The zero-order valence-electron chi connectivity index (χ0n) is 13.5. The number of alkyl halides is 3. The summed E-state index contributed by atoms with van der Waals surface area (Å²) in [6, 6.07) is 8.45. The van der Waals surface area contributed by atoms with Gasteiger partial charge >= 0.3 is 6.18 Å². The minimum atomic E-state index is -4.81. The zero-order chi connectivity index (χ0) is 19.8. The van der Waals surface area contributed by atoms with E-state index >= 15 is 0 Å². The maximum absolute atomic E-state index is 12.9. The van der Waals surface area contributed by atoms with E-state index in [9.17, 15) is 23.3 Å².